The summed E-state index contributed by atoms with van der Waals surface area (Å²) >= 11 is 6.10. The highest BCUT2D eigenvalue weighted by molar-refractivity contribution is 6.32. The second-order valence-electron chi connectivity index (χ2n) is 4.16. The van der Waals surface area contributed by atoms with E-state index in [9.17, 15) is 0 Å². The molecule has 0 atom stereocenters. The fraction of sp³-hybridized carbons (Fsp3) is 0.0769. The second-order valence-corrected chi connectivity index (χ2v) is 4.57. The minimum absolute atomic E-state index is 0.331. The highest BCUT2D eigenvalue weighted by Gasteiger charge is 2.11. The first-order valence-electron chi connectivity index (χ1n) is 5.66. The fourth-order valence-electron chi connectivity index (χ4n) is 1.78. The van der Waals surface area contributed by atoms with Gasteiger partial charge in [-0.05, 0) is 24.6 Å². The van der Waals surface area contributed by atoms with Crippen LogP contribution in [0.4, 0.5) is 5.82 Å². The summed E-state index contributed by atoms with van der Waals surface area (Å²) in [4.78, 5) is 8.34. The normalized spacial score (nSPS) is 10.8. The predicted octanol–water partition coefficient (Wildman–Crippen LogP) is 3.07. The van der Waals surface area contributed by atoms with E-state index in [1.807, 2.05) is 19.1 Å². The van der Waals surface area contributed by atoms with Crippen molar-refractivity contribution in [3.05, 3.63) is 47.4 Å². The fourth-order valence-corrected chi connectivity index (χ4v) is 1.94. The van der Waals surface area contributed by atoms with Gasteiger partial charge in [-0.3, -0.25) is 4.40 Å². The van der Waals surface area contributed by atoms with E-state index in [2.05, 4.69) is 9.97 Å². The van der Waals surface area contributed by atoms with Crippen molar-refractivity contribution in [1.29, 1.82) is 0 Å². The minimum Gasteiger partial charge on any atom is -0.434 e. The van der Waals surface area contributed by atoms with E-state index in [1.54, 1.807) is 29.1 Å². The maximum atomic E-state index is 6.10. The lowest BCUT2D eigenvalue weighted by molar-refractivity contribution is 0.466. The first-order chi connectivity index (χ1) is 9.13. The molecular formula is C13H11ClN4O. The summed E-state index contributed by atoms with van der Waals surface area (Å²) in [5.74, 6) is 1.21. The SMILES string of the molecule is Cc1ccc(Cl)c(Oc2nc(N)cn3ccnc23)c1. The molecule has 0 aliphatic rings. The van der Waals surface area contributed by atoms with Crippen LogP contribution in [0.25, 0.3) is 5.65 Å². The van der Waals surface area contributed by atoms with E-state index in [-0.39, 0.29) is 0 Å². The molecule has 0 amide bonds. The average Bonchev–Trinajstić information content (AvgIpc) is 2.82. The summed E-state index contributed by atoms with van der Waals surface area (Å²) in [6.45, 7) is 1.96. The highest BCUT2D eigenvalue weighted by Crippen LogP contribution is 2.31. The number of anilines is 1. The Morgan fingerprint density at radius 1 is 1.37 bits per heavy atom. The van der Waals surface area contributed by atoms with Crippen LogP contribution >= 0.6 is 11.6 Å². The van der Waals surface area contributed by atoms with Gasteiger partial charge >= 0.3 is 0 Å². The number of ether oxygens (including phenoxy) is 1. The Balaban J connectivity index is 2.10. The molecule has 0 fully saturated rings. The average molecular weight is 275 g/mol. The second kappa shape index (κ2) is 4.44. The van der Waals surface area contributed by atoms with Crippen LogP contribution in [-0.4, -0.2) is 14.4 Å². The zero-order valence-corrected chi connectivity index (χ0v) is 10.9. The molecule has 3 aromatic rings. The van der Waals surface area contributed by atoms with E-state index in [1.165, 1.54) is 0 Å². The van der Waals surface area contributed by atoms with Gasteiger partial charge in [0.2, 0.25) is 5.65 Å². The molecule has 96 valence electrons. The molecule has 0 aliphatic heterocycles. The number of nitrogens with zero attached hydrogens (tertiary/aromatic N) is 3. The van der Waals surface area contributed by atoms with Crippen LogP contribution in [-0.2, 0) is 0 Å². The Bertz CT molecular complexity index is 753. The van der Waals surface area contributed by atoms with E-state index in [0.717, 1.165) is 5.56 Å². The van der Waals surface area contributed by atoms with Crippen molar-refractivity contribution in [1.82, 2.24) is 14.4 Å². The van der Waals surface area contributed by atoms with Crippen molar-refractivity contribution in [2.24, 2.45) is 0 Å². The van der Waals surface area contributed by atoms with Crippen molar-refractivity contribution < 1.29 is 4.74 Å². The van der Waals surface area contributed by atoms with Gasteiger partial charge in [0.25, 0.3) is 5.88 Å². The predicted molar refractivity (Wildman–Crippen MR) is 73.7 cm³/mol. The number of nitrogens with two attached hydrogens (primary N) is 1. The van der Waals surface area contributed by atoms with Crippen LogP contribution < -0.4 is 10.5 Å². The van der Waals surface area contributed by atoms with Crippen molar-refractivity contribution in [3.8, 4) is 11.6 Å². The first kappa shape index (κ1) is 11.8. The molecule has 2 heterocycles. The van der Waals surface area contributed by atoms with Crippen LogP contribution in [0.15, 0.2) is 36.8 Å². The third kappa shape index (κ3) is 2.20. The Labute approximate surface area is 114 Å². The van der Waals surface area contributed by atoms with E-state index >= 15 is 0 Å². The molecule has 0 radical (unpaired) electrons. The maximum Gasteiger partial charge on any atom is 0.265 e. The summed E-state index contributed by atoms with van der Waals surface area (Å²) in [5, 5.41) is 0.513. The van der Waals surface area contributed by atoms with Gasteiger partial charge in [0.15, 0.2) is 0 Å². The van der Waals surface area contributed by atoms with Gasteiger partial charge in [0, 0.05) is 12.4 Å². The number of nitrogen functional groups attached to an aromatic ring is 1. The molecule has 5 nitrogen and oxygen atoms in total. The summed E-state index contributed by atoms with van der Waals surface area (Å²) < 4.78 is 7.49. The molecule has 2 N–H and O–H groups in total. The summed E-state index contributed by atoms with van der Waals surface area (Å²) in [6, 6.07) is 5.53. The monoisotopic (exact) mass is 274 g/mol. The molecule has 0 spiro atoms. The van der Waals surface area contributed by atoms with Crippen molar-refractivity contribution in [2.75, 3.05) is 5.73 Å². The van der Waals surface area contributed by atoms with Gasteiger partial charge in [0.05, 0.1) is 11.2 Å². The van der Waals surface area contributed by atoms with Crippen molar-refractivity contribution >= 4 is 23.1 Å². The topological polar surface area (TPSA) is 65.4 Å². The van der Waals surface area contributed by atoms with E-state index in [4.69, 9.17) is 22.1 Å². The van der Waals surface area contributed by atoms with Crippen molar-refractivity contribution in [2.45, 2.75) is 6.92 Å². The van der Waals surface area contributed by atoms with Crippen LogP contribution in [0.3, 0.4) is 0 Å². The summed E-state index contributed by atoms with van der Waals surface area (Å²) in [6.07, 6.45) is 5.10. The first-order valence-corrected chi connectivity index (χ1v) is 6.04. The smallest absolute Gasteiger partial charge is 0.265 e. The van der Waals surface area contributed by atoms with Crippen LogP contribution in [0, 0.1) is 6.92 Å². The molecule has 0 saturated heterocycles. The molecule has 0 saturated carbocycles. The van der Waals surface area contributed by atoms with E-state index in [0.29, 0.717) is 28.1 Å². The number of aryl methyl sites for hydroxylation is 1. The third-order valence-corrected chi connectivity index (χ3v) is 2.97. The van der Waals surface area contributed by atoms with Gasteiger partial charge in [-0.25, -0.2) is 4.98 Å². The Morgan fingerprint density at radius 2 is 2.21 bits per heavy atom. The largest absolute Gasteiger partial charge is 0.434 e. The van der Waals surface area contributed by atoms with Gasteiger partial charge in [0.1, 0.15) is 11.6 Å². The van der Waals surface area contributed by atoms with Crippen LogP contribution in [0.1, 0.15) is 5.56 Å². The third-order valence-electron chi connectivity index (χ3n) is 2.66. The minimum atomic E-state index is 0.331. The molecule has 1 aromatic carbocycles. The molecule has 6 heteroatoms. The van der Waals surface area contributed by atoms with Crippen molar-refractivity contribution in [3.63, 3.8) is 0 Å². The molecular weight excluding hydrogens is 264 g/mol. The number of hydrogen-bond acceptors (Lipinski definition) is 4. The Morgan fingerprint density at radius 3 is 3.05 bits per heavy atom. The lowest BCUT2D eigenvalue weighted by Crippen LogP contribution is -1.99. The number of fused-ring (bicyclic) bond motifs is 1. The van der Waals surface area contributed by atoms with Crippen LogP contribution in [0.5, 0.6) is 11.6 Å². The molecule has 19 heavy (non-hydrogen) atoms. The quantitative estimate of drug-likeness (QED) is 0.780. The highest BCUT2D eigenvalue weighted by atomic mass is 35.5. The summed E-state index contributed by atoms with van der Waals surface area (Å²) in [7, 11) is 0. The molecule has 0 bridgehead atoms. The summed E-state index contributed by atoms with van der Waals surface area (Å²) in [5.41, 5.74) is 7.37. The molecule has 3 rings (SSSR count). The number of imidazole rings is 1. The van der Waals surface area contributed by atoms with Gasteiger partial charge in [-0.2, -0.15) is 4.98 Å². The standard InChI is InChI=1S/C13H11ClN4O/c1-8-2-3-9(14)10(6-8)19-13-12-16-4-5-18(12)7-11(15)17-13/h2-7H,15H2,1H3. The van der Waals surface area contributed by atoms with Gasteiger partial charge < -0.3 is 10.5 Å². The zero-order chi connectivity index (χ0) is 13.4. The Hall–Kier alpha value is -2.27. The molecule has 0 unspecified atom stereocenters. The lowest BCUT2D eigenvalue weighted by Gasteiger charge is -2.09. The van der Waals surface area contributed by atoms with E-state index < -0.39 is 0 Å². The molecule has 2 aromatic heterocycles. The molecule has 0 aliphatic carbocycles. The number of halogens is 1. The van der Waals surface area contributed by atoms with Gasteiger partial charge in [-0.15, -0.1) is 0 Å². The lowest BCUT2D eigenvalue weighted by atomic mass is 10.2. The number of benzene rings is 1. The maximum absolute atomic E-state index is 6.10. The zero-order valence-electron chi connectivity index (χ0n) is 10.2. The Kier molecular flexibility index (Phi) is 2.76. The number of aromatic nitrogens is 3. The van der Waals surface area contributed by atoms with Crippen LogP contribution in [0.2, 0.25) is 5.02 Å². The number of rotatable bonds is 2. The van der Waals surface area contributed by atoms with Gasteiger partial charge in [-0.1, -0.05) is 17.7 Å². The number of hydrogen-bond donors (Lipinski definition) is 1.